The van der Waals surface area contributed by atoms with Gasteiger partial charge in [-0.25, -0.2) is 4.98 Å². The lowest BCUT2D eigenvalue weighted by molar-refractivity contribution is -0.149. The van der Waals surface area contributed by atoms with E-state index in [1.165, 1.54) is 4.90 Å². The molecular formula is C12H15ClF3N3. The number of nitrogens with zero attached hydrogens (tertiary/aromatic N) is 3. The van der Waals surface area contributed by atoms with Gasteiger partial charge in [-0.2, -0.15) is 13.2 Å². The Kier molecular flexibility index (Phi) is 4.65. The van der Waals surface area contributed by atoms with Crippen LogP contribution in [0.2, 0.25) is 5.15 Å². The van der Waals surface area contributed by atoms with Crippen LogP contribution in [0.25, 0.3) is 0 Å². The van der Waals surface area contributed by atoms with E-state index in [9.17, 15) is 13.2 Å². The molecule has 2 heterocycles. The molecule has 1 aromatic rings. The van der Waals surface area contributed by atoms with Crippen LogP contribution in [0.15, 0.2) is 18.2 Å². The normalized spacial score (nSPS) is 18.7. The molecule has 0 N–H and O–H groups in total. The van der Waals surface area contributed by atoms with E-state index in [1.807, 2.05) is 12.1 Å². The van der Waals surface area contributed by atoms with Gasteiger partial charge in [0.15, 0.2) is 0 Å². The molecule has 0 aliphatic carbocycles. The zero-order chi connectivity index (χ0) is 13.9. The van der Waals surface area contributed by atoms with E-state index in [2.05, 4.69) is 9.88 Å². The molecule has 0 unspecified atom stereocenters. The number of hydrogen-bond donors (Lipinski definition) is 0. The van der Waals surface area contributed by atoms with Crippen LogP contribution in [0.3, 0.4) is 0 Å². The summed E-state index contributed by atoms with van der Waals surface area (Å²) in [5.41, 5.74) is 0.844. The zero-order valence-corrected chi connectivity index (χ0v) is 11.1. The predicted octanol–water partition coefficient (Wildman–Crippen LogP) is 2.41. The molecular weight excluding hydrogens is 279 g/mol. The van der Waals surface area contributed by atoms with Crippen LogP contribution in [0.1, 0.15) is 5.69 Å². The average molecular weight is 294 g/mol. The fraction of sp³-hybridized carbons (Fsp3) is 0.583. The van der Waals surface area contributed by atoms with Crippen LogP contribution in [-0.4, -0.2) is 53.7 Å². The van der Waals surface area contributed by atoms with E-state index in [1.54, 1.807) is 6.07 Å². The molecule has 106 valence electrons. The van der Waals surface area contributed by atoms with Gasteiger partial charge in [0, 0.05) is 32.7 Å². The van der Waals surface area contributed by atoms with E-state index in [0.29, 0.717) is 37.9 Å². The van der Waals surface area contributed by atoms with Crippen molar-refractivity contribution in [3.63, 3.8) is 0 Å². The Morgan fingerprint density at radius 3 is 2.32 bits per heavy atom. The quantitative estimate of drug-likeness (QED) is 0.798. The zero-order valence-electron chi connectivity index (χ0n) is 10.3. The Bertz CT molecular complexity index is 417. The third-order valence-corrected chi connectivity index (χ3v) is 3.24. The van der Waals surface area contributed by atoms with Crippen molar-refractivity contribution >= 4 is 11.6 Å². The standard InChI is InChI=1S/C12H15ClF3N3/c13-11-3-1-2-10(17-11)8-18-4-6-19(7-5-18)9-12(14,15)16/h1-3H,4-9H2. The van der Waals surface area contributed by atoms with Gasteiger partial charge in [-0.1, -0.05) is 17.7 Å². The van der Waals surface area contributed by atoms with E-state index >= 15 is 0 Å². The molecule has 1 aliphatic rings. The molecule has 0 saturated carbocycles. The minimum absolute atomic E-state index is 0.431. The lowest BCUT2D eigenvalue weighted by atomic mass is 10.2. The highest BCUT2D eigenvalue weighted by Gasteiger charge is 2.32. The summed E-state index contributed by atoms with van der Waals surface area (Å²) in [5, 5.41) is 0.438. The topological polar surface area (TPSA) is 19.4 Å². The van der Waals surface area contributed by atoms with Crippen LogP contribution in [0, 0.1) is 0 Å². The van der Waals surface area contributed by atoms with Crippen LogP contribution >= 0.6 is 11.6 Å². The summed E-state index contributed by atoms with van der Waals surface area (Å²) in [7, 11) is 0. The fourth-order valence-corrected chi connectivity index (χ4v) is 2.31. The summed E-state index contributed by atoms with van der Waals surface area (Å²) in [6, 6.07) is 5.39. The maximum absolute atomic E-state index is 12.2. The molecule has 0 radical (unpaired) electrons. The highest BCUT2D eigenvalue weighted by molar-refractivity contribution is 6.29. The first-order chi connectivity index (χ1) is 8.92. The van der Waals surface area contributed by atoms with Gasteiger partial charge >= 0.3 is 6.18 Å². The summed E-state index contributed by atoms with van der Waals surface area (Å²) >= 11 is 5.80. The smallest absolute Gasteiger partial charge is 0.295 e. The first-order valence-corrected chi connectivity index (χ1v) is 6.43. The van der Waals surface area contributed by atoms with Crippen molar-refractivity contribution in [1.29, 1.82) is 0 Å². The number of aromatic nitrogens is 1. The summed E-state index contributed by atoms with van der Waals surface area (Å²) in [5.74, 6) is 0. The van der Waals surface area contributed by atoms with E-state index in [4.69, 9.17) is 11.6 Å². The third kappa shape index (κ3) is 4.97. The molecule has 7 heteroatoms. The Morgan fingerprint density at radius 2 is 1.74 bits per heavy atom. The van der Waals surface area contributed by atoms with Crippen molar-refractivity contribution in [3.05, 3.63) is 29.0 Å². The van der Waals surface area contributed by atoms with Crippen molar-refractivity contribution in [1.82, 2.24) is 14.8 Å². The molecule has 0 spiro atoms. The summed E-state index contributed by atoms with van der Waals surface area (Å²) in [6.45, 7) is 1.89. The third-order valence-electron chi connectivity index (χ3n) is 3.03. The molecule has 0 amide bonds. The van der Waals surface area contributed by atoms with Crippen molar-refractivity contribution < 1.29 is 13.2 Å². The molecule has 19 heavy (non-hydrogen) atoms. The largest absolute Gasteiger partial charge is 0.401 e. The van der Waals surface area contributed by atoms with Crippen molar-refractivity contribution in [2.75, 3.05) is 32.7 Å². The van der Waals surface area contributed by atoms with Gasteiger partial charge in [0.1, 0.15) is 5.15 Å². The Hall–Kier alpha value is -0.850. The van der Waals surface area contributed by atoms with E-state index in [-0.39, 0.29) is 0 Å². The van der Waals surface area contributed by atoms with Crippen LogP contribution in [-0.2, 0) is 6.54 Å². The monoisotopic (exact) mass is 293 g/mol. The fourth-order valence-electron chi connectivity index (χ4n) is 2.13. The first-order valence-electron chi connectivity index (χ1n) is 6.05. The highest BCUT2D eigenvalue weighted by Crippen LogP contribution is 2.18. The second kappa shape index (κ2) is 6.07. The van der Waals surface area contributed by atoms with Gasteiger partial charge in [0.2, 0.25) is 0 Å². The van der Waals surface area contributed by atoms with Crippen LogP contribution in [0.4, 0.5) is 13.2 Å². The van der Waals surface area contributed by atoms with Crippen LogP contribution < -0.4 is 0 Å². The Morgan fingerprint density at radius 1 is 1.11 bits per heavy atom. The number of hydrogen-bond acceptors (Lipinski definition) is 3. The van der Waals surface area contributed by atoms with Gasteiger partial charge in [-0.05, 0) is 12.1 Å². The molecule has 0 atom stereocenters. The predicted molar refractivity (Wildman–Crippen MR) is 67.0 cm³/mol. The minimum Gasteiger partial charge on any atom is -0.295 e. The second-order valence-electron chi connectivity index (χ2n) is 4.62. The van der Waals surface area contributed by atoms with Gasteiger partial charge in [0.05, 0.1) is 12.2 Å². The summed E-state index contributed by atoms with van der Waals surface area (Å²) in [4.78, 5) is 7.70. The highest BCUT2D eigenvalue weighted by atomic mass is 35.5. The van der Waals surface area contributed by atoms with Crippen molar-refractivity contribution in [2.24, 2.45) is 0 Å². The number of rotatable bonds is 3. The number of alkyl halides is 3. The van der Waals surface area contributed by atoms with E-state index < -0.39 is 12.7 Å². The van der Waals surface area contributed by atoms with Crippen molar-refractivity contribution in [2.45, 2.75) is 12.7 Å². The SMILES string of the molecule is FC(F)(F)CN1CCN(Cc2cccc(Cl)n2)CC1. The maximum Gasteiger partial charge on any atom is 0.401 e. The first kappa shape index (κ1) is 14.6. The Balaban J connectivity index is 1.80. The maximum atomic E-state index is 12.2. The summed E-state index contributed by atoms with van der Waals surface area (Å²) in [6.07, 6.45) is -4.11. The lowest BCUT2D eigenvalue weighted by Gasteiger charge is -2.34. The summed E-state index contributed by atoms with van der Waals surface area (Å²) < 4.78 is 36.7. The molecule has 3 nitrogen and oxygen atoms in total. The number of piperazine rings is 1. The second-order valence-corrected chi connectivity index (χ2v) is 5.01. The molecule has 1 aromatic heterocycles. The van der Waals surface area contributed by atoms with Gasteiger partial charge < -0.3 is 0 Å². The molecule has 1 saturated heterocycles. The average Bonchev–Trinajstić information content (AvgIpc) is 2.30. The van der Waals surface area contributed by atoms with Gasteiger partial charge in [-0.15, -0.1) is 0 Å². The van der Waals surface area contributed by atoms with Gasteiger partial charge in [0.25, 0.3) is 0 Å². The van der Waals surface area contributed by atoms with Crippen molar-refractivity contribution in [3.8, 4) is 0 Å². The van der Waals surface area contributed by atoms with E-state index in [0.717, 1.165) is 5.69 Å². The number of pyridine rings is 1. The lowest BCUT2D eigenvalue weighted by Crippen LogP contribution is -2.48. The van der Waals surface area contributed by atoms with Gasteiger partial charge in [-0.3, -0.25) is 9.80 Å². The molecule has 0 aromatic carbocycles. The molecule has 2 rings (SSSR count). The van der Waals surface area contributed by atoms with Crippen LogP contribution in [0.5, 0.6) is 0 Å². The molecule has 0 bridgehead atoms. The Labute approximate surface area is 115 Å². The molecule has 1 fully saturated rings. The number of halogens is 4. The molecule has 1 aliphatic heterocycles. The minimum atomic E-state index is -4.11.